The first-order valence-corrected chi connectivity index (χ1v) is 21.0. The third-order valence-electron chi connectivity index (χ3n) is 11.4. The minimum Gasteiger partial charge on any atom is -0.496 e. The largest absolute Gasteiger partial charge is 0.496 e. The van der Waals surface area contributed by atoms with Gasteiger partial charge in [0.1, 0.15) is 23.0 Å². The molecule has 0 saturated carbocycles. The zero-order chi connectivity index (χ0) is 39.1. The van der Waals surface area contributed by atoms with Crippen molar-refractivity contribution in [2.45, 2.75) is 76.2 Å². The highest BCUT2D eigenvalue weighted by atomic mass is 79.9. The van der Waals surface area contributed by atoms with Crippen molar-refractivity contribution in [3.63, 3.8) is 0 Å². The Bertz CT molecular complexity index is 2070. The van der Waals surface area contributed by atoms with E-state index < -0.39 is 5.60 Å². The highest BCUT2D eigenvalue weighted by Gasteiger charge is 2.48. The van der Waals surface area contributed by atoms with Gasteiger partial charge in [-0.3, -0.25) is 0 Å². The zero-order valence-electron chi connectivity index (χ0n) is 33.6. The summed E-state index contributed by atoms with van der Waals surface area (Å²) >= 11 is 3.88. The molecule has 1 aliphatic carbocycles. The molecule has 56 heavy (non-hydrogen) atoms. The van der Waals surface area contributed by atoms with Crippen LogP contribution in [0.25, 0.3) is 28.0 Å². The van der Waals surface area contributed by atoms with Crippen LogP contribution in [0.3, 0.4) is 0 Å². The normalized spacial score (nSPS) is 14.5. The number of benzene rings is 5. The van der Waals surface area contributed by atoms with Crippen LogP contribution in [0.2, 0.25) is 0 Å². The maximum absolute atomic E-state index is 7.71. The third kappa shape index (κ3) is 7.46. The van der Waals surface area contributed by atoms with Gasteiger partial charge >= 0.3 is 0 Å². The van der Waals surface area contributed by atoms with E-state index in [1.807, 2.05) is 0 Å². The summed E-state index contributed by atoms with van der Waals surface area (Å²) in [6.07, 6.45) is 12.6. The van der Waals surface area contributed by atoms with Gasteiger partial charge in [-0.1, -0.05) is 68.5 Å². The van der Waals surface area contributed by atoms with Gasteiger partial charge in [0.05, 0.1) is 24.8 Å². The fourth-order valence-electron chi connectivity index (χ4n) is 8.83. The molecule has 1 heterocycles. The molecule has 5 aromatic carbocycles. The fourth-order valence-corrected chi connectivity index (χ4v) is 9.34. The van der Waals surface area contributed by atoms with Crippen molar-refractivity contribution in [2.75, 3.05) is 47.8 Å². The van der Waals surface area contributed by atoms with E-state index in [2.05, 4.69) is 127 Å². The van der Waals surface area contributed by atoms with Crippen molar-refractivity contribution >= 4 is 32.8 Å². The van der Waals surface area contributed by atoms with Gasteiger partial charge in [-0.25, -0.2) is 0 Å². The van der Waals surface area contributed by atoms with E-state index in [-0.39, 0.29) is 5.41 Å². The van der Waals surface area contributed by atoms with E-state index in [9.17, 15) is 0 Å². The Hall–Kier alpha value is -4.30. The molecular weight excluding hydrogens is 764 g/mol. The Morgan fingerprint density at radius 2 is 1.25 bits per heavy atom. The van der Waals surface area contributed by atoms with Crippen LogP contribution in [0, 0.1) is 0 Å². The number of ether oxygens (including phenoxy) is 6. The van der Waals surface area contributed by atoms with Crippen molar-refractivity contribution < 1.29 is 28.4 Å². The van der Waals surface area contributed by atoms with Gasteiger partial charge in [0.2, 0.25) is 0 Å². The summed E-state index contributed by atoms with van der Waals surface area (Å²) in [6.45, 7) is 7.07. The SMILES string of the molecule is CCCOc1ccc(C2(c3ccc(OCCC)cc3)C=Cc3c4c(c5cc(Br)c(OC)cc5c3O2)-c2ccccc2C4(CCCCOC)CCCCOC)cc1. The van der Waals surface area contributed by atoms with Crippen LogP contribution in [-0.2, 0) is 20.5 Å². The number of rotatable bonds is 19. The second-order valence-corrected chi connectivity index (χ2v) is 15.8. The first-order valence-electron chi connectivity index (χ1n) is 20.2. The number of fused-ring (bicyclic) bond motifs is 8. The van der Waals surface area contributed by atoms with Crippen LogP contribution in [0.4, 0.5) is 0 Å². The summed E-state index contributed by atoms with van der Waals surface area (Å²) in [6, 6.07) is 30.2. The Labute approximate surface area is 341 Å². The predicted octanol–water partition coefficient (Wildman–Crippen LogP) is 12.4. The van der Waals surface area contributed by atoms with Crippen molar-refractivity contribution in [3.05, 3.63) is 123 Å². The number of halogens is 1. The fraction of sp³-hybridized carbons (Fsp3) is 0.388. The summed E-state index contributed by atoms with van der Waals surface area (Å²) in [5.41, 5.74) is 7.30. The van der Waals surface area contributed by atoms with Crippen LogP contribution in [-0.4, -0.2) is 47.8 Å². The molecule has 2 aliphatic rings. The summed E-state index contributed by atoms with van der Waals surface area (Å²) in [5.74, 6) is 3.30. The van der Waals surface area contributed by atoms with Gasteiger partial charge in [-0.05, 0) is 137 Å². The molecule has 0 fully saturated rings. The van der Waals surface area contributed by atoms with Gasteiger partial charge in [-0.2, -0.15) is 0 Å². The van der Waals surface area contributed by atoms with Gasteiger partial charge in [-0.15, -0.1) is 0 Å². The molecule has 0 amide bonds. The molecular formula is C49H55BrO6. The summed E-state index contributed by atoms with van der Waals surface area (Å²) in [4.78, 5) is 0. The van der Waals surface area contributed by atoms with Gasteiger partial charge in [0.15, 0.2) is 5.60 Å². The first kappa shape index (κ1) is 39.9. The van der Waals surface area contributed by atoms with Crippen molar-refractivity contribution in [1.82, 2.24) is 0 Å². The molecule has 294 valence electrons. The Kier molecular flexibility index (Phi) is 12.7. The standard InChI is InChI=1S/C49H55BrO6/c1-6-28-54-36-20-16-34(17-21-36)49(35-18-22-37(23-19-35)55-29-7-2)27-24-39-46-45(40-32-43(50)44(53-5)33-41(40)47(39)56-49)38-14-8-9-15-42(38)48(46,25-10-12-30-51-3)26-11-13-31-52-4/h8-9,14-24,27,32-33H,6-7,10-13,25-26,28-31H2,1-5H3. The Morgan fingerprint density at radius 3 is 1.80 bits per heavy atom. The summed E-state index contributed by atoms with van der Waals surface area (Å²) < 4.78 is 37.8. The average Bonchev–Trinajstić information content (AvgIpc) is 3.52. The van der Waals surface area contributed by atoms with E-state index in [1.54, 1.807) is 21.3 Å². The minimum absolute atomic E-state index is 0.234. The molecule has 6 nitrogen and oxygen atoms in total. The smallest absolute Gasteiger partial charge is 0.178 e. The molecule has 0 aromatic heterocycles. The van der Waals surface area contributed by atoms with Crippen molar-refractivity contribution in [1.29, 1.82) is 0 Å². The topological polar surface area (TPSA) is 55.4 Å². The number of unbranched alkanes of at least 4 members (excludes halogenated alkanes) is 2. The van der Waals surface area contributed by atoms with Crippen LogP contribution < -0.4 is 18.9 Å². The monoisotopic (exact) mass is 818 g/mol. The van der Waals surface area contributed by atoms with Gasteiger partial charge < -0.3 is 28.4 Å². The minimum atomic E-state index is -0.938. The highest BCUT2D eigenvalue weighted by Crippen LogP contribution is 2.61. The molecule has 7 heteroatoms. The maximum Gasteiger partial charge on any atom is 0.178 e. The van der Waals surface area contributed by atoms with E-state index in [4.69, 9.17) is 28.4 Å². The number of hydrogen-bond acceptors (Lipinski definition) is 6. The lowest BCUT2D eigenvalue weighted by Crippen LogP contribution is -2.35. The number of methoxy groups -OCH3 is 3. The van der Waals surface area contributed by atoms with E-state index in [0.717, 1.165) is 120 Å². The van der Waals surface area contributed by atoms with Crippen LogP contribution in [0.1, 0.15) is 93.0 Å². The summed E-state index contributed by atoms with van der Waals surface area (Å²) in [5, 5.41) is 2.16. The highest BCUT2D eigenvalue weighted by molar-refractivity contribution is 9.10. The second-order valence-electron chi connectivity index (χ2n) is 15.0. The maximum atomic E-state index is 7.71. The molecule has 7 rings (SSSR count). The molecule has 1 aliphatic heterocycles. The lowest BCUT2D eigenvalue weighted by atomic mass is 9.68. The molecule has 0 N–H and O–H groups in total. The van der Waals surface area contributed by atoms with Crippen LogP contribution in [0.15, 0.2) is 95.5 Å². The van der Waals surface area contributed by atoms with Crippen LogP contribution in [0.5, 0.6) is 23.0 Å². The molecule has 0 saturated heterocycles. The molecule has 5 aromatic rings. The third-order valence-corrected chi connectivity index (χ3v) is 12.0. The van der Waals surface area contributed by atoms with E-state index >= 15 is 0 Å². The predicted molar refractivity (Wildman–Crippen MR) is 231 cm³/mol. The molecule has 0 unspecified atom stereocenters. The van der Waals surface area contributed by atoms with E-state index in [0.29, 0.717) is 13.2 Å². The van der Waals surface area contributed by atoms with Crippen molar-refractivity contribution in [3.8, 4) is 34.1 Å². The van der Waals surface area contributed by atoms with E-state index in [1.165, 1.54) is 22.3 Å². The number of hydrogen-bond donors (Lipinski definition) is 0. The van der Waals surface area contributed by atoms with Gasteiger partial charge in [0.25, 0.3) is 0 Å². The molecule has 0 bridgehead atoms. The quantitative estimate of drug-likeness (QED) is 0.0774. The first-order chi connectivity index (χ1) is 27.4. The second kappa shape index (κ2) is 17.9. The molecule has 0 atom stereocenters. The molecule has 0 spiro atoms. The summed E-state index contributed by atoms with van der Waals surface area (Å²) in [7, 11) is 5.31. The lowest BCUT2D eigenvalue weighted by molar-refractivity contribution is 0.162. The van der Waals surface area contributed by atoms with Gasteiger partial charge in [0, 0.05) is 54.9 Å². The average molecular weight is 820 g/mol. The Morgan fingerprint density at radius 1 is 0.661 bits per heavy atom. The molecule has 0 radical (unpaired) electrons. The Balaban J connectivity index is 1.49. The zero-order valence-corrected chi connectivity index (χ0v) is 35.1. The van der Waals surface area contributed by atoms with Crippen molar-refractivity contribution in [2.24, 2.45) is 0 Å². The lowest BCUT2D eigenvalue weighted by Gasteiger charge is -2.40. The van der Waals surface area contributed by atoms with Crippen LogP contribution >= 0.6 is 15.9 Å².